The van der Waals surface area contributed by atoms with E-state index in [2.05, 4.69) is 74.3 Å². The van der Waals surface area contributed by atoms with Crippen LogP contribution < -0.4 is 0 Å². The summed E-state index contributed by atoms with van der Waals surface area (Å²) in [6.07, 6.45) is 1.99. The highest BCUT2D eigenvalue weighted by atomic mass is 14.7. The molecule has 114 valence electrons. The van der Waals surface area contributed by atoms with Crippen molar-refractivity contribution in [2.24, 2.45) is 0 Å². The third kappa shape index (κ3) is 2.31. The van der Waals surface area contributed by atoms with E-state index in [1.165, 1.54) is 16.3 Å². The number of para-hydroxylation sites is 1. The highest BCUT2D eigenvalue weighted by Gasteiger charge is 2.15. The molecule has 0 aliphatic heterocycles. The maximum atomic E-state index is 4.92. The van der Waals surface area contributed by atoms with Crippen molar-refractivity contribution in [3.8, 4) is 11.3 Å². The van der Waals surface area contributed by atoms with Crippen LogP contribution in [-0.4, -0.2) is 9.97 Å². The molecular formula is C21H20N2. The Morgan fingerprint density at radius 2 is 1.57 bits per heavy atom. The van der Waals surface area contributed by atoms with E-state index in [4.69, 9.17) is 4.98 Å². The molecule has 4 aromatic rings. The normalized spacial score (nSPS) is 12.1. The number of pyridine rings is 1. The van der Waals surface area contributed by atoms with Crippen LogP contribution in [0, 0.1) is 0 Å². The summed E-state index contributed by atoms with van der Waals surface area (Å²) in [6, 6.07) is 19.2. The Balaban J connectivity index is 1.95. The monoisotopic (exact) mass is 300 g/mol. The number of fused-ring (bicyclic) bond motifs is 3. The summed E-state index contributed by atoms with van der Waals surface area (Å²) >= 11 is 0. The van der Waals surface area contributed by atoms with Crippen molar-refractivity contribution in [3.63, 3.8) is 0 Å². The van der Waals surface area contributed by atoms with Gasteiger partial charge in [-0.25, -0.2) is 4.98 Å². The van der Waals surface area contributed by atoms with Gasteiger partial charge in [0.2, 0.25) is 0 Å². The number of nitrogens with zero attached hydrogens (tertiary/aromatic N) is 1. The lowest BCUT2D eigenvalue weighted by Crippen LogP contribution is -2.10. The van der Waals surface area contributed by atoms with Crippen LogP contribution >= 0.6 is 0 Å². The molecule has 2 heteroatoms. The Bertz CT molecular complexity index is 986. The average molecular weight is 300 g/mol. The van der Waals surface area contributed by atoms with E-state index >= 15 is 0 Å². The van der Waals surface area contributed by atoms with Gasteiger partial charge >= 0.3 is 0 Å². The maximum Gasteiger partial charge on any atom is 0.0803 e. The lowest BCUT2D eigenvalue weighted by atomic mass is 9.86. The molecule has 2 nitrogen and oxygen atoms in total. The Morgan fingerprint density at radius 1 is 0.826 bits per heavy atom. The van der Waals surface area contributed by atoms with Gasteiger partial charge < -0.3 is 4.98 Å². The second kappa shape index (κ2) is 4.95. The highest BCUT2D eigenvalue weighted by molar-refractivity contribution is 6.09. The van der Waals surface area contributed by atoms with Gasteiger partial charge in [0, 0.05) is 22.5 Å². The number of benzene rings is 2. The highest BCUT2D eigenvalue weighted by Crippen LogP contribution is 2.32. The summed E-state index contributed by atoms with van der Waals surface area (Å²) in [4.78, 5) is 8.29. The van der Waals surface area contributed by atoms with Crippen molar-refractivity contribution in [2.75, 3.05) is 0 Å². The molecule has 0 fully saturated rings. The first-order chi connectivity index (χ1) is 11.0. The molecule has 2 aromatic heterocycles. The molecule has 2 aromatic carbocycles. The number of nitrogens with one attached hydrogen (secondary N) is 1. The minimum Gasteiger partial charge on any atom is -0.361 e. The second-order valence-electron chi connectivity index (χ2n) is 7.07. The Kier molecular flexibility index (Phi) is 3.02. The first-order valence-electron chi connectivity index (χ1n) is 8.01. The Labute approximate surface area is 136 Å². The topological polar surface area (TPSA) is 28.7 Å². The zero-order chi connectivity index (χ0) is 16.0. The fourth-order valence-electron chi connectivity index (χ4n) is 3.10. The predicted molar refractivity (Wildman–Crippen MR) is 97.7 cm³/mol. The van der Waals surface area contributed by atoms with Gasteiger partial charge in [0.15, 0.2) is 0 Å². The summed E-state index contributed by atoms with van der Waals surface area (Å²) in [7, 11) is 0. The molecular weight excluding hydrogens is 280 g/mol. The molecule has 0 saturated carbocycles. The van der Waals surface area contributed by atoms with E-state index in [0.29, 0.717) is 0 Å². The van der Waals surface area contributed by atoms with Crippen molar-refractivity contribution in [1.29, 1.82) is 0 Å². The van der Waals surface area contributed by atoms with Crippen molar-refractivity contribution >= 4 is 21.8 Å². The van der Waals surface area contributed by atoms with Gasteiger partial charge in [0.25, 0.3) is 0 Å². The van der Waals surface area contributed by atoms with Gasteiger partial charge in [0.1, 0.15) is 0 Å². The average Bonchev–Trinajstić information content (AvgIpc) is 3.03. The molecule has 0 aliphatic carbocycles. The molecule has 0 atom stereocenters. The van der Waals surface area contributed by atoms with Crippen LogP contribution in [0.15, 0.2) is 60.8 Å². The lowest BCUT2D eigenvalue weighted by molar-refractivity contribution is 0.590. The van der Waals surface area contributed by atoms with E-state index in [1.807, 2.05) is 12.3 Å². The molecule has 2 heterocycles. The Hall–Kier alpha value is -2.61. The molecule has 0 saturated heterocycles. The van der Waals surface area contributed by atoms with Gasteiger partial charge in [-0.1, -0.05) is 63.2 Å². The van der Waals surface area contributed by atoms with Crippen LogP contribution in [0.3, 0.4) is 0 Å². The van der Waals surface area contributed by atoms with Crippen molar-refractivity contribution < 1.29 is 0 Å². The summed E-state index contributed by atoms with van der Waals surface area (Å²) in [5, 5.41) is 2.34. The number of aromatic nitrogens is 2. The fraction of sp³-hybridized carbons (Fsp3) is 0.190. The van der Waals surface area contributed by atoms with E-state index in [9.17, 15) is 0 Å². The molecule has 0 bridgehead atoms. The van der Waals surface area contributed by atoms with Crippen molar-refractivity contribution in [3.05, 3.63) is 66.4 Å². The van der Waals surface area contributed by atoms with E-state index in [0.717, 1.165) is 22.3 Å². The van der Waals surface area contributed by atoms with Gasteiger partial charge in [-0.05, 0) is 23.1 Å². The molecule has 0 amide bonds. The summed E-state index contributed by atoms with van der Waals surface area (Å²) in [6.45, 7) is 6.71. The van der Waals surface area contributed by atoms with Crippen LogP contribution in [0.5, 0.6) is 0 Å². The zero-order valence-electron chi connectivity index (χ0n) is 13.7. The first kappa shape index (κ1) is 14.0. The SMILES string of the molecule is CC(C)(C)c1ccc(-c2nc3ccccc3c3[nH]ccc23)cc1. The number of aromatic amines is 1. The predicted octanol–water partition coefficient (Wildman–Crippen LogP) is 5.68. The molecule has 23 heavy (non-hydrogen) atoms. The second-order valence-corrected chi connectivity index (χ2v) is 7.07. The van der Waals surface area contributed by atoms with Crippen LogP contribution in [0.4, 0.5) is 0 Å². The minimum absolute atomic E-state index is 0.165. The number of H-pyrrole nitrogens is 1. The summed E-state index contributed by atoms with van der Waals surface area (Å²) in [5.74, 6) is 0. The first-order valence-corrected chi connectivity index (χ1v) is 8.01. The summed E-state index contributed by atoms with van der Waals surface area (Å²) < 4.78 is 0. The fourth-order valence-corrected chi connectivity index (χ4v) is 3.10. The van der Waals surface area contributed by atoms with E-state index in [-0.39, 0.29) is 5.41 Å². The number of hydrogen-bond acceptors (Lipinski definition) is 1. The van der Waals surface area contributed by atoms with Crippen LogP contribution in [0.25, 0.3) is 33.1 Å². The molecule has 0 unspecified atom stereocenters. The molecule has 0 aliphatic rings. The summed E-state index contributed by atoms with van der Waals surface area (Å²) in [5.41, 5.74) is 5.89. The minimum atomic E-state index is 0.165. The Morgan fingerprint density at radius 3 is 2.30 bits per heavy atom. The molecule has 0 spiro atoms. The number of rotatable bonds is 1. The van der Waals surface area contributed by atoms with Crippen LogP contribution in [-0.2, 0) is 5.41 Å². The maximum absolute atomic E-state index is 4.92. The molecule has 0 radical (unpaired) electrons. The zero-order valence-corrected chi connectivity index (χ0v) is 13.7. The van der Waals surface area contributed by atoms with Gasteiger partial charge in [-0.2, -0.15) is 0 Å². The smallest absolute Gasteiger partial charge is 0.0803 e. The standard InChI is InChI=1S/C21H20N2/c1-21(2,3)15-10-8-14(9-11-15)19-17-12-13-22-20(17)16-6-4-5-7-18(16)23-19/h4-13,22H,1-3H3. The third-order valence-electron chi connectivity index (χ3n) is 4.43. The largest absolute Gasteiger partial charge is 0.361 e. The quantitative estimate of drug-likeness (QED) is 0.481. The third-order valence-corrected chi connectivity index (χ3v) is 4.43. The van der Waals surface area contributed by atoms with Gasteiger partial charge in [0.05, 0.1) is 16.7 Å². The van der Waals surface area contributed by atoms with E-state index in [1.54, 1.807) is 0 Å². The van der Waals surface area contributed by atoms with Crippen molar-refractivity contribution in [1.82, 2.24) is 9.97 Å². The van der Waals surface area contributed by atoms with Crippen molar-refractivity contribution in [2.45, 2.75) is 26.2 Å². The van der Waals surface area contributed by atoms with Gasteiger partial charge in [-0.15, -0.1) is 0 Å². The van der Waals surface area contributed by atoms with Crippen LogP contribution in [0.1, 0.15) is 26.3 Å². The number of hydrogen-bond donors (Lipinski definition) is 1. The van der Waals surface area contributed by atoms with Crippen LogP contribution in [0.2, 0.25) is 0 Å². The van der Waals surface area contributed by atoms with Gasteiger partial charge in [-0.3, -0.25) is 0 Å². The van der Waals surface area contributed by atoms with E-state index < -0.39 is 0 Å². The lowest BCUT2D eigenvalue weighted by Gasteiger charge is -2.19. The molecule has 4 rings (SSSR count). The molecule has 1 N–H and O–H groups in total.